The fraction of sp³-hybridized carbons (Fsp3) is 0.0909. The summed E-state index contributed by atoms with van der Waals surface area (Å²) in [7, 11) is 0. The predicted molar refractivity (Wildman–Crippen MR) is 61.0 cm³/mol. The van der Waals surface area contributed by atoms with Crippen molar-refractivity contribution in [3.05, 3.63) is 41.4 Å². The standard InChI is InChI=1S/C11H9N3S/c1-8-7-14-11(15-8)12-10(13-14)9-5-3-2-4-6-9/h2-7H,1H3. The van der Waals surface area contributed by atoms with Gasteiger partial charge < -0.3 is 0 Å². The van der Waals surface area contributed by atoms with Crippen molar-refractivity contribution in [3.8, 4) is 11.4 Å². The number of benzene rings is 1. The summed E-state index contributed by atoms with van der Waals surface area (Å²) in [6, 6.07) is 10.0. The van der Waals surface area contributed by atoms with Gasteiger partial charge in [-0.05, 0) is 6.92 Å². The van der Waals surface area contributed by atoms with E-state index in [0.29, 0.717) is 0 Å². The second kappa shape index (κ2) is 3.17. The van der Waals surface area contributed by atoms with Crippen LogP contribution in [-0.2, 0) is 0 Å². The average Bonchev–Trinajstić information content (AvgIpc) is 2.76. The van der Waals surface area contributed by atoms with Crippen molar-refractivity contribution < 1.29 is 0 Å². The molecule has 0 fully saturated rings. The maximum absolute atomic E-state index is 4.47. The van der Waals surface area contributed by atoms with E-state index in [0.717, 1.165) is 16.3 Å². The van der Waals surface area contributed by atoms with Crippen LogP contribution in [0.1, 0.15) is 4.88 Å². The summed E-state index contributed by atoms with van der Waals surface area (Å²) in [5.74, 6) is 0.793. The lowest BCUT2D eigenvalue weighted by Gasteiger charge is -1.91. The zero-order valence-corrected chi connectivity index (χ0v) is 9.03. The molecule has 4 heteroatoms. The molecule has 3 aromatic rings. The molecule has 0 unspecified atom stereocenters. The number of rotatable bonds is 1. The maximum atomic E-state index is 4.47. The Morgan fingerprint density at radius 3 is 2.73 bits per heavy atom. The third-order valence-electron chi connectivity index (χ3n) is 2.19. The van der Waals surface area contributed by atoms with Gasteiger partial charge in [-0.1, -0.05) is 30.3 Å². The molecule has 0 amide bonds. The van der Waals surface area contributed by atoms with E-state index in [1.807, 2.05) is 41.0 Å². The van der Waals surface area contributed by atoms with Crippen LogP contribution in [-0.4, -0.2) is 14.6 Å². The quantitative estimate of drug-likeness (QED) is 0.624. The van der Waals surface area contributed by atoms with Crippen LogP contribution in [0.2, 0.25) is 0 Å². The monoisotopic (exact) mass is 215 g/mol. The highest BCUT2D eigenvalue weighted by molar-refractivity contribution is 7.16. The summed E-state index contributed by atoms with van der Waals surface area (Å²) in [6.07, 6.45) is 2.00. The van der Waals surface area contributed by atoms with Gasteiger partial charge >= 0.3 is 0 Å². The summed E-state index contributed by atoms with van der Waals surface area (Å²) in [5, 5.41) is 4.42. The van der Waals surface area contributed by atoms with Crippen molar-refractivity contribution >= 4 is 16.3 Å². The summed E-state index contributed by atoms with van der Waals surface area (Å²) in [6.45, 7) is 2.06. The average molecular weight is 215 g/mol. The first kappa shape index (κ1) is 8.61. The molecule has 2 heterocycles. The number of hydrogen-bond donors (Lipinski definition) is 0. The molecule has 0 aliphatic carbocycles. The lowest BCUT2D eigenvalue weighted by Crippen LogP contribution is -1.82. The van der Waals surface area contributed by atoms with Gasteiger partial charge in [-0.15, -0.1) is 16.4 Å². The number of hydrogen-bond acceptors (Lipinski definition) is 3. The molecule has 0 spiro atoms. The molecular weight excluding hydrogens is 206 g/mol. The molecule has 3 nitrogen and oxygen atoms in total. The van der Waals surface area contributed by atoms with E-state index in [2.05, 4.69) is 17.0 Å². The van der Waals surface area contributed by atoms with Crippen molar-refractivity contribution in [2.24, 2.45) is 0 Å². The van der Waals surface area contributed by atoms with Gasteiger partial charge in [0, 0.05) is 16.6 Å². The number of thiazole rings is 1. The van der Waals surface area contributed by atoms with Gasteiger partial charge in [-0.2, -0.15) is 4.98 Å². The molecule has 2 aromatic heterocycles. The van der Waals surface area contributed by atoms with Crippen LogP contribution in [0.25, 0.3) is 16.3 Å². The maximum Gasteiger partial charge on any atom is 0.212 e. The number of aromatic nitrogens is 3. The molecule has 0 atom stereocenters. The Balaban J connectivity index is 2.16. The van der Waals surface area contributed by atoms with Crippen molar-refractivity contribution in [1.29, 1.82) is 0 Å². The van der Waals surface area contributed by atoms with E-state index in [9.17, 15) is 0 Å². The molecule has 0 bridgehead atoms. The van der Waals surface area contributed by atoms with Gasteiger partial charge in [0.05, 0.1) is 0 Å². The second-order valence-electron chi connectivity index (χ2n) is 3.37. The Hall–Kier alpha value is -1.68. The largest absolute Gasteiger partial charge is 0.212 e. The van der Waals surface area contributed by atoms with Crippen LogP contribution in [0, 0.1) is 6.92 Å². The van der Waals surface area contributed by atoms with Gasteiger partial charge in [-0.3, -0.25) is 0 Å². The van der Waals surface area contributed by atoms with Crippen LogP contribution >= 0.6 is 11.3 Å². The van der Waals surface area contributed by atoms with Crippen LogP contribution in [0.4, 0.5) is 0 Å². The molecule has 0 saturated carbocycles. The molecule has 74 valence electrons. The second-order valence-corrected chi connectivity index (χ2v) is 4.58. The third-order valence-corrected chi connectivity index (χ3v) is 3.08. The van der Waals surface area contributed by atoms with Crippen molar-refractivity contribution in [2.45, 2.75) is 6.92 Å². The minimum absolute atomic E-state index is 0.793. The van der Waals surface area contributed by atoms with Crippen molar-refractivity contribution in [3.63, 3.8) is 0 Å². The summed E-state index contributed by atoms with van der Waals surface area (Å²) >= 11 is 1.66. The van der Waals surface area contributed by atoms with E-state index in [1.165, 1.54) is 4.88 Å². The number of nitrogens with zero attached hydrogens (tertiary/aromatic N) is 3. The van der Waals surface area contributed by atoms with E-state index in [4.69, 9.17) is 0 Å². The number of fused-ring (bicyclic) bond motifs is 1. The van der Waals surface area contributed by atoms with Crippen molar-refractivity contribution in [1.82, 2.24) is 14.6 Å². The van der Waals surface area contributed by atoms with Gasteiger partial charge in [0.25, 0.3) is 0 Å². The van der Waals surface area contributed by atoms with Crippen molar-refractivity contribution in [2.75, 3.05) is 0 Å². The predicted octanol–water partition coefficient (Wildman–Crippen LogP) is 2.77. The zero-order chi connectivity index (χ0) is 10.3. The van der Waals surface area contributed by atoms with Gasteiger partial charge in [0.2, 0.25) is 4.96 Å². The zero-order valence-electron chi connectivity index (χ0n) is 8.21. The molecule has 0 saturated heterocycles. The summed E-state index contributed by atoms with van der Waals surface area (Å²) in [4.78, 5) is 6.65. The summed E-state index contributed by atoms with van der Waals surface area (Å²) < 4.78 is 1.84. The molecule has 0 N–H and O–H groups in total. The van der Waals surface area contributed by atoms with Crippen LogP contribution < -0.4 is 0 Å². The Kier molecular flexibility index (Phi) is 1.82. The lowest BCUT2D eigenvalue weighted by atomic mass is 10.2. The lowest BCUT2D eigenvalue weighted by molar-refractivity contribution is 0.977. The first-order chi connectivity index (χ1) is 7.33. The fourth-order valence-corrected chi connectivity index (χ4v) is 2.27. The van der Waals surface area contributed by atoms with Gasteiger partial charge in [0.15, 0.2) is 5.82 Å². The van der Waals surface area contributed by atoms with Crippen LogP contribution in [0.3, 0.4) is 0 Å². The van der Waals surface area contributed by atoms with Gasteiger partial charge in [0.1, 0.15) is 0 Å². The summed E-state index contributed by atoms with van der Waals surface area (Å²) in [5.41, 5.74) is 1.06. The minimum atomic E-state index is 0.793. The Morgan fingerprint density at radius 2 is 2.00 bits per heavy atom. The molecule has 3 rings (SSSR count). The highest BCUT2D eigenvalue weighted by atomic mass is 32.1. The topological polar surface area (TPSA) is 30.2 Å². The molecule has 1 aromatic carbocycles. The van der Waals surface area contributed by atoms with Crippen LogP contribution in [0.5, 0.6) is 0 Å². The molecule has 15 heavy (non-hydrogen) atoms. The molecule has 0 radical (unpaired) electrons. The Labute approximate surface area is 91.0 Å². The minimum Gasteiger partial charge on any atom is -0.210 e. The molecular formula is C11H9N3S. The fourth-order valence-electron chi connectivity index (χ4n) is 1.51. The van der Waals surface area contributed by atoms with E-state index in [-0.39, 0.29) is 0 Å². The SMILES string of the molecule is Cc1cn2nc(-c3ccccc3)nc2s1. The van der Waals surface area contributed by atoms with E-state index in [1.54, 1.807) is 11.3 Å². The van der Waals surface area contributed by atoms with E-state index < -0.39 is 0 Å². The smallest absolute Gasteiger partial charge is 0.210 e. The first-order valence-electron chi connectivity index (χ1n) is 4.71. The Morgan fingerprint density at radius 1 is 1.20 bits per heavy atom. The van der Waals surface area contributed by atoms with Gasteiger partial charge in [-0.25, -0.2) is 4.52 Å². The molecule has 0 aliphatic heterocycles. The van der Waals surface area contributed by atoms with E-state index >= 15 is 0 Å². The third kappa shape index (κ3) is 1.43. The first-order valence-corrected chi connectivity index (χ1v) is 5.53. The highest BCUT2D eigenvalue weighted by Crippen LogP contribution is 2.20. The molecule has 0 aliphatic rings. The highest BCUT2D eigenvalue weighted by Gasteiger charge is 2.07. The van der Waals surface area contributed by atoms with Crippen LogP contribution in [0.15, 0.2) is 36.5 Å². The normalized spacial score (nSPS) is 11.0. The number of aryl methyl sites for hydroxylation is 1. The Bertz CT molecular complexity index is 563.